The molecule has 0 saturated carbocycles. The highest BCUT2D eigenvalue weighted by atomic mass is 16.3. The lowest BCUT2D eigenvalue weighted by Gasteiger charge is -2.17. The third-order valence-electron chi connectivity index (χ3n) is 5.14. The van der Waals surface area contributed by atoms with Crippen LogP contribution in [0.25, 0.3) is 11.1 Å². The molecule has 1 heterocycles. The van der Waals surface area contributed by atoms with Gasteiger partial charge in [-0.25, -0.2) is 0 Å². The monoisotopic (exact) mass is 352 g/mol. The van der Waals surface area contributed by atoms with Crippen LogP contribution in [0.4, 0.5) is 5.69 Å². The molecule has 0 aromatic heterocycles. The standard InChI is InChI=1S/C24H20N2O/c25-16-21-15-19(11-12-24(21)27)18-9-7-17(8-10-18)14-20-4-3-13-26-23-6-2-1-5-22(20)23/h1-2,5-13,15,20,27H,3-4,14H2. The molecule has 4 rings (SSSR count). The van der Waals surface area contributed by atoms with E-state index in [2.05, 4.69) is 47.5 Å². The van der Waals surface area contributed by atoms with E-state index < -0.39 is 0 Å². The van der Waals surface area contributed by atoms with Gasteiger partial charge >= 0.3 is 0 Å². The van der Waals surface area contributed by atoms with Crippen LogP contribution in [0.15, 0.2) is 71.7 Å². The number of phenols is 1. The Hall–Kier alpha value is -3.38. The molecule has 3 aromatic carbocycles. The number of rotatable bonds is 3. The summed E-state index contributed by atoms with van der Waals surface area (Å²) in [4.78, 5) is 4.58. The number of fused-ring (bicyclic) bond motifs is 1. The Morgan fingerprint density at radius 3 is 2.59 bits per heavy atom. The summed E-state index contributed by atoms with van der Waals surface area (Å²) in [6.45, 7) is 0. The first-order valence-corrected chi connectivity index (χ1v) is 9.18. The van der Waals surface area contributed by atoms with Crippen molar-refractivity contribution in [2.75, 3.05) is 0 Å². The van der Waals surface area contributed by atoms with Gasteiger partial charge in [0.25, 0.3) is 0 Å². The van der Waals surface area contributed by atoms with Gasteiger partial charge in [-0.05, 0) is 65.6 Å². The number of nitrogens with zero attached hydrogens (tertiary/aromatic N) is 2. The molecule has 0 bridgehead atoms. The largest absolute Gasteiger partial charge is 0.507 e. The smallest absolute Gasteiger partial charge is 0.133 e. The van der Waals surface area contributed by atoms with Gasteiger partial charge in [-0.1, -0.05) is 48.5 Å². The highest BCUT2D eigenvalue weighted by Gasteiger charge is 2.17. The normalized spacial score (nSPS) is 15.6. The summed E-state index contributed by atoms with van der Waals surface area (Å²) in [6, 6.07) is 24.1. The van der Waals surface area contributed by atoms with Crippen LogP contribution < -0.4 is 0 Å². The SMILES string of the molecule is N#Cc1cc(-c2ccc(CC3CCC=Nc4ccccc43)cc2)ccc1O. The first-order chi connectivity index (χ1) is 13.2. The van der Waals surface area contributed by atoms with E-state index in [9.17, 15) is 5.11 Å². The number of benzene rings is 3. The summed E-state index contributed by atoms with van der Waals surface area (Å²) in [5, 5.41) is 18.8. The zero-order chi connectivity index (χ0) is 18.6. The van der Waals surface area contributed by atoms with Gasteiger partial charge in [0, 0.05) is 6.21 Å². The molecule has 0 radical (unpaired) electrons. The number of aliphatic imine (C=N–C) groups is 1. The minimum absolute atomic E-state index is 0.0205. The average Bonchev–Trinajstić information content (AvgIpc) is 2.91. The molecule has 1 unspecified atom stereocenters. The van der Waals surface area contributed by atoms with Crippen molar-refractivity contribution in [3.8, 4) is 22.9 Å². The number of aromatic hydroxyl groups is 1. The lowest BCUT2D eigenvalue weighted by molar-refractivity contribution is 0.473. The van der Waals surface area contributed by atoms with Crippen molar-refractivity contribution in [2.24, 2.45) is 4.99 Å². The molecule has 0 saturated heterocycles. The third kappa shape index (κ3) is 3.61. The average molecular weight is 352 g/mol. The molecule has 3 heteroatoms. The van der Waals surface area contributed by atoms with Crippen LogP contribution in [-0.4, -0.2) is 11.3 Å². The summed E-state index contributed by atoms with van der Waals surface area (Å²) in [5.41, 5.74) is 5.98. The highest BCUT2D eigenvalue weighted by molar-refractivity contribution is 5.68. The fourth-order valence-electron chi connectivity index (χ4n) is 3.68. The minimum atomic E-state index is 0.0205. The predicted molar refractivity (Wildman–Crippen MR) is 109 cm³/mol. The van der Waals surface area contributed by atoms with E-state index in [4.69, 9.17) is 5.26 Å². The summed E-state index contributed by atoms with van der Waals surface area (Å²) in [7, 11) is 0. The zero-order valence-electron chi connectivity index (χ0n) is 15.0. The van der Waals surface area contributed by atoms with Crippen molar-refractivity contribution in [3.63, 3.8) is 0 Å². The molecule has 132 valence electrons. The number of para-hydroxylation sites is 1. The quantitative estimate of drug-likeness (QED) is 0.652. The van der Waals surface area contributed by atoms with Crippen LogP contribution in [0.1, 0.15) is 35.4 Å². The van der Waals surface area contributed by atoms with Crippen LogP contribution in [0.5, 0.6) is 5.75 Å². The lowest BCUT2D eigenvalue weighted by atomic mass is 9.87. The maximum absolute atomic E-state index is 9.68. The first-order valence-electron chi connectivity index (χ1n) is 9.18. The zero-order valence-corrected chi connectivity index (χ0v) is 15.0. The molecule has 0 spiro atoms. The van der Waals surface area contributed by atoms with Gasteiger partial charge in [0.2, 0.25) is 0 Å². The Bertz CT molecular complexity index is 1030. The fourth-order valence-corrected chi connectivity index (χ4v) is 3.68. The van der Waals surface area contributed by atoms with Crippen molar-refractivity contribution < 1.29 is 5.11 Å². The predicted octanol–water partition coefficient (Wildman–Crippen LogP) is 5.75. The summed E-state index contributed by atoms with van der Waals surface area (Å²) < 4.78 is 0. The van der Waals surface area contributed by atoms with E-state index in [0.717, 1.165) is 36.1 Å². The molecule has 3 aromatic rings. The second-order valence-corrected chi connectivity index (χ2v) is 6.89. The molecule has 0 amide bonds. The van der Waals surface area contributed by atoms with Crippen LogP contribution in [0, 0.1) is 11.3 Å². The number of hydrogen-bond acceptors (Lipinski definition) is 3. The molecule has 0 fully saturated rings. The van der Waals surface area contributed by atoms with Crippen molar-refractivity contribution in [1.82, 2.24) is 0 Å². The van der Waals surface area contributed by atoms with Crippen molar-refractivity contribution in [1.29, 1.82) is 5.26 Å². The van der Waals surface area contributed by atoms with Crippen molar-refractivity contribution >= 4 is 11.9 Å². The number of phenolic OH excluding ortho intramolecular Hbond substituents is 1. The van der Waals surface area contributed by atoms with E-state index in [-0.39, 0.29) is 5.75 Å². The molecule has 1 aliphatic heterocycles. The Kier molecular flexibility index (Phi) is 4.72. The molecule has 3 nitrogen and oxygen atoms in total. The van der Waals surface area contributed by atoms with E-state index >= 15 is 0 Å². The molecular formula is C24H20N2O. The molecule has 1 aliphatic rings. The number of hydrogen-bond donors (Lipinski definition) is 1. The van der Waals surface area contributed by atoms with Crippen LogP contribution in [0.3, 0.4) is 0 Å². The molecule has 1 N–H and O–H groups in total. The summed E-state index contributed by atoms with van der Waals surface area (Å²) >= 11 is 0. The molecule has 0 aliphatic carbocycles. The maximum Gasteiger partial charge on any atom is 0.133 e. The van der Waals surface area contributed by atoms with E-state index in [0.29, 0.717) is 11.5 Å². The second kappa shape index (κ2) is 7.47. The molecule has 27 heavy (non-hydrogen) atoms. The van der Waals surface area contributed by atoms with Gasteiger partial charge in [-0.15, -0.1) is 0 Å². The van der Waals surface area contributed by atoms with Crippen molar-refractivity contribution in [3.05, 3.63) is 83.4 Å². The molecule has 1 atom stereocenters. The first kappa shape index (κ1) is 17.1. The van der Waals surface area contributed by atoms with Crippen LogP contribution in [0.2, 0.25) is 0 Å². The molecular weight excluding hydrogens is 332 g/mol. The summed E-state index contributed by atoms with van der Waals surface area (Å²) in [5.74, 6) is 0.487. The second-order valence-electron chi connectivity index (χ2n) is 6.89. The topological polar surface area (TPSA) is 56.4 Å². The Morgan fingerprint density at radius 1 is 1.00 bits per heavy atom. The van der Waals surface area contributed by atoms with Gasteiger partial charge in [0.05, 0.1) is 11.3 Å². The van der Waals surface area contributed by atoms with Gasteiger partial charge in [0.1, 0.15) is 11.8 Å². The van der Waals surface area contributed by atoms with E-state index in [1.807, 2.05) is 24.4 Å². The van der Waals surface area contributed by atoms with Gasteiger partial charge in [0.15, 0.2) is 0 Å². The Balaban J connectivity index is 1.56. The van der Waals surface area contributed by atoms with Crippen molar-refractivity contribution in [2.45, 2.75) is 25.2 Å². The minimum Gasteiger partial charge on any atom is -0.507 e. The lowest BCUT2D eigenvalue weighted by Crippen LogP contribution is -2.02. The summed E-state index contributed by atoms with van der Waals surface area (Å²) in [6.07, 6.45) is 5.12. The Morgan fingerprint density at radius 2 is 1.78 bits per heavy atom. The highest BCUT2D eigenvalue weighted by Crippen LogP contribution is 2.35. The maximum atomic E-state index is 9.68. The van der Waals surface area contributed by atoms with Gasteiger partial charge < -0.3 is 5.11 Å². The van der Waals surface area contributed by atoms with E-state index in [1.54, 1.807) is 12.1 Å². The van der Waals surface area contributed by atoms with Gasteiger partial charge in [-0.3, -0.25) is 4.99 Å². The third-order valence-corrected chi connectivity index (χ3v) is 5.14. The number of nitriles is 1. The van der Waals surface area contributed by atoms with Crippen LogP contribution >= 0.6 is 0 Å². The van der Waals surface area contributed by atoms with Crippen LogP contribution in [-0.2, 0) is 6.42 Å². The Labute approximate surface area is 159 Å². The van der Waals surface area contributed by atoms with E-state index in [1.165, 1.54) is 11.1 Å². The van der Waals surface area contributed by atoms with Gasteiger partial charge in [-0.2, -0.15) is 5.26 Å². The fraction of sp³-hybridized carbons (Fsp3) is 0.167.